The van der Waals surface area contributed by atoms with Gasteiger partial charge in [0, 0.05) is 95.5 Å². The molecule has 4 atom stereocenters. The Balaban J connectivity index is 0.00000122. The van der Waals surface area contributed by atoms with Gasteiger partial charge in [-0.2, -0.15) is 0 Å². The number of rotatable bonds is 14. The molecule has 23 heteroatoms. The van der Waals surface area contributed by atoms with Gasteiger partial charge in [0.25, 0.3) is 12.0 Å². The first-order valence-corrected chi connectivity index (χ1v) is 28.8. The van der Waals surface area contributed by atoms with Gasteiger partial charge in [0.1, 0.15) is 24.3 Å². The van der Waals surface area contributed by atoms with Crippen LogP contribution in [0.4, 0.5) is 10.1 Å². The third-order valence-corrected chi connectivity index (χ3v) is 13.3. The molecule has 2 aromatic heterocycles. The Labute approximate surface area is 536 Å². The number of methoxy groups -OCH3 is 1. The van der Waals surface area contributed by atoms with Crippen LogP contribution in [0, 0.1) is 12.7 Å². The summed E-state index contributed by atoms with van der Waals surface area (Å²) in [4.78, 5) is 69.3. The Hall–Kier alpha value is -5.99. The predicted molar refractivity (Wildman–Crippen MR) is 333 cm³/mol. The molecule has 5 aromatic rings. The number of anilines is 1. The van der Waals surface area contributed by atoms with E-state index in [1.165, 1.54) is 40.8 Å². The molecular formula is C64H92FN6O15Y-. The van der Waals surface area contributed by atoms with Crippen LogP contribution in [0.3, 0.4) is 0 Å². The number of nitrogens with zero attached hydrogens (tertiary/aromatic N) is 3. The van der Waals surface area contributed by atoms with Gasteiger partial charge in [-0.15, -0.1) is 0 Å². The molecule has 87 heavy (non-hydrogen) atoms. The maximum Gasteiger partial charge on any atom is 0.290 e. The number of aliphatic hydroxyl groups is 4. The van der Waals surface area contributed by atoms with E-state index in [0.717, 1.165) is 73.3 Å². The monoisotopic (exact) mass is 1290 g/mol. The quantitative estimate of drug-likeness (QED) is 0.0212. The largest absolute Gasteiger partial charge is 0.506 e. The number of hydrogen-bond donors (Lipinski definition) is 9. The zero-order chi connectivity index (χ0) is 63.6. The zero-order valence-corrected chi connectivity index (χ0v) is 55.2. The van der Waals surface area contributed by atoms with Gasteiger partial charge in [-0.05, 0) is 114 Å². The fraction of sp³-hybridized carbons (Fsp3) is 0.469. The van der Waals surface area contributed by atoms with Crippen LogP contribution in [0.15, 0.2) is 77.1 Å². The van der Waals surface area contributed by atoms with E-state index in [1.807, 2.05) is 47.6 Å². The van der Waals surface area contributed by atoms with E-state index in [0.29, 0.717) is 92.1 Å². The summed E-state index contributed by atoms with van der Waals surface area (Å²) in [6, 6.07) is 16.4. The van der Waals surface area contributed by atoms with Crippen LogP contribution in [0.25, 0.3) is 33.5 Å². The van der Waals surface area contributed by atoms with Gasteiger partial charge < -0.3 is 81.6 Å². The number of phenolic OH excluding ortho intramolecular Hbond substituents is 1. The molecule has 1 fully saturated rings. The van der Waals surface area contributed by atoms with Crippen molar-refractivity contribution in [2.45, 2.75) is 151 Å². The summed E-state index contributed by atoms with van der Waals surface area (Å²) in [5.74, 6) is -0.650. The topological polar surface area (TPSA) is 335 Å². The van der Waals surface area contributed by atoms with E-state index < -0.39 is 24.2 Å². The van der Waals surface area contributed by atoms with Gasteiger partial charge in [0.05, 0.1) is 61.2 Å². The van der Waals surface area contributed by atoms with Crippen molar-refractivity contribution in [2.75, 3.05) is 53.0 Å². The van der Waals surface area contributed by atoms with E-state index in [2.05, 4.69) is 60.5 Å². The molecule has 2 aliphatic heterocycles. The van der Waals surface area contributed by atoms with E-state index in [4.69, 9.17) is 54.1 Å². The number of hydrogen-bond acceptors (Lipinski definition) is 16. The number of ether oxygens (including phenoxy) is 2. The number of aromatic hydroxyl groups is 1. The van der Waals surface area contributed by atoms with Crippen LogP contribution in [-0.2, 0) is 103 Å². The predicted octanol–water partition coefficient (Wildman–Crippen LogP) is 9.59. The summed E-state index contributed by atoms with van der Waals surface area (Å²) >= 11 is 0. The van der Waals surface area contributed by atoms with Crippen LogP contribution in [0.2, 0.25) is 0 Å². The van der Waals surface area contributed by atoms with Gasteiger partial charge >= 0.3 is 0 Å². The van der Waals surface area contributed by atoms with Crippen molar-refractivity contribution in [1.29, 1.82) is 0 Å². The average Bonchev–Trinajstić information content (AvgIpc) is 1.73. The average molecular weight is 1290 g/mol. The SMILES string of the molecule is CC.CC.CCC.CCCc1c(C(O)C=O)cc2n(c1=O)Cc1c-2nc2cc(F)c(C)c3c2c1CCC3.CNC=O.CO.COCc1ccc(O)c(NC(=O)CO[N-]OCC2C3=C(CCC=C3)c3ccccc32)c1.N.O=CO.OC1COCC(O)C1.[Y]. The van der Waals surface area contributed by atoms with Crippen molar-refractivity contribution < 1.29 is 106 Å². The van der Waals surface area contributed by atoms with E-state index in [9.17, 15) is 29.0 Å². The van der Waals surface area contributed by atoms with Crippen LogP contribution >= 0.6 is 0 Å². The minimum atomic E-state index is -1.35. The van der Waals surface area contributed by atoms with Crippen LogP contribution in [0.5, 0.6) is 5.75 Å². The minimum absolute atomic E-state index is 0. The maximum absolute atomic E-state index is 14.6. The van der Waals surface area contributed by atoms with Crippen molar-refractivity contribution in [3.05, 3.63) is 144 Å². The summed E-state index contributed by atoms with van der Waals surface area (Å²) in [5, 5.41) is 57.5. The fourth-order valence-electron chi connectivity index (χ4n) is 10.0. The third kappa shape index (κ3) is 22.8. The Morgan fingerprint density at radius 2 is 1.59 bits per heavy atom. The first-order chi connectivity index (χ1) is 41.2. The number of carbonyl (C=O) groups is 4. The Morgan fingerprint density at radius 1 is 0.954 bits per heavy atom. The number of allylic oxidation sites excluding steroid dienone is 3. The molecule has 0 spiro atoms. The number of halogens is 1. The number of aliphatic hydroxyl groups excluding tert-OH is 4. The molecule has 4 unspecified atom stereocenters. The Morgan fingerprint density at radius 3 is 2.17 bits per heavy atom. The van der Waals surface area contributed by atoms with E-state index in [1.54, 1.807) is 36.9 Å². The molecule has 21 nitrogen and oxygen atoms in total. The Bertz CT molecular complexity index is 3020. The Kier molecular flexibility index (Phi) is 41.4. The van der Waals surface area contributed by atoms with Gasteiger partial charge in [-0.1, -0.05) is 104 Å². The molecule has 1 radical (unpaired) electrons. The molecule has 2 amide bonds. The second-order valence-electron chi connectivity index (χ2n) is 19.1. The fourth-order valence-corrected chi connectivity index (χ4v) is 10.0. The summed E-state index contributed by atoms with van der Waals surface area (Å²) < 4.78 is 26.1. The molecule has 4 heterocycles. The molecule has 1 saturated heterocycles. The standard InChI is InChI=1S/C24H23FN2O3.C24H25N2O5.C5H10O3.C3H8.C2H5NO.2C2H6.CH2O2.CH4O.H3N.Y/c1-3-5-15-16(21(29)11-28)8-20-23-17(10-27(20)24(15)30)14-7-4-6-13-12(2)18(25)9-19(26-23)22(13)14;1-29-13-16-10-11-23(27)22(12-16)25-24(28)15-31-26-30-14-21-19-8-4-2-6-17(19)18-7-3-5-9-20(18)21;6-4-1-5(7)3-8-2-4;1-3-2;1-3-2-4;2*1-2;2-1-3;1-2;;/h8-9,11,21,29H,3-7,10H2,1-2H3;2,4-6,8-12,21,27H,3,7,13-15H2,1H3,(H,25,28);4-7H,1-3H2;3H2,1-2H3;2H,1H3,(H,3,4);2*1-2H3;1H,(H,2,3);2H,1H3;1H3;/q;-1;;;;;;;;;. The summed E-state index contributed by atoms with van der Waals surface area (Å²) in [6.45, 7) is 17.3. The molecule has 11 N–H and O–H groups in total. The number of benzene rings is 3. The first-order valence-electron chi connectivity index (χ1n) is 28.8. The number of aldehydes is 1. The maximum atomic E-state index is 14.6. The van der Waals surface area contributed by atoms with Crippen molar-refractivity contribution >= 4 is 47.2 Å². The van der Waals surface area contributed by atoms with Crippen molar-refractivity contribution in [3.8, 4) is 17.1 Å². The van der Waals surface area contributed by atoms with Crippen molar-refractivity contribution in [3.63, 3.8) is 0 Å². The smallest absolute Gasteiger partial charge is 0.290 e. The van der Waals surface area contributed by atoms with Gasteiger partial charge in [-0.25, -0.2) is 9.37 Å². The van der Waals surface area contributed by atoms with Crippen molar-refractivity contribution in [2.24, 2.45) is 0 Å². The zero-order valence-electron chi connectivity index (χ0n) is 52.4. The number of carbonyl (C=O) groups excluding carboxylic acids is 3. The summed E-state index contributed by atoms with van der Waals surface area (Å²) in [7, 11) is 4.14. The number of aromatic nitrogens is 2. The molecule has 0 bridgehead atoms. The molecule has 3 aromatic carbocycles. The molecule has 5 aliphatic rings. The minimum Gasteiger partial charge on any atom is -0.506 e. The number of amides is 2. The van der Waals surface area contributed by atoms with Gasteiger partial charge in [0.15, 0.2) is 6.29 Å². The van der Waals surface area contributed by atoms with Crippen LogP contribution < -0.4 is 22.3 Å². The molecular weight excluding hydrogens is 1200 g/mol. The molecule has 10 rings (SSSR count). The van der Waals surface area contributed by atoms with Crippen molar-refractivity contribution in [1.82, 2.24) is 21.0 Å². The molecule has 479 valence electrons. The number of pyridine rings is 2. The third-order valence-electron chi connectivity index (χ3n) is 13.3. The number of aryl methyl sites for hydroxylation is 2. The molecule has 0 saturated carbocycles. The first kappa shape index (κ1) is 81.0. The summed E-state index contributed by atoms with van der Waals surface area (Å²) in [5.41, 5.74) is 16.3. The second-order valence-corrected chi connectivity index (χ2v) is 19.1. The number of carboxylic acid groups (broad SMARTS) is 1. The normalized spacial score (nSPS) is 15.7. The van der Waals surface area contributed by atoms with Gasteiger partial charge in [0.2, 0.25) is 12.3 Å². The number of phenols is 1. The van der Waals surface area contributed by atoms with Gasteiger partial charge in [-0.3, -0.25) is 19.2 Å². The molecule has 3 aliphatic carbocycles. The van der Waals surface area contributed by atoms with Crippen LogP contribution in [0.1, 0.15) is 149 Å². The van der Waals surface area contributed by atoms with Crippen LogP contribution in [-0.4, -0.2) is 125 Å². The number of nitrogens with one attached hydrogen (secondary N) is 2. The summed E-state index contributed by atoms with van der Waals surface area (Å²) in [6.07, 6.45) is 10.8. The van der Waals surface area contributed by atoms with E-state index >= 15 is 0 Å². The second kappa shape index (κ2) is 44.4. The van der Waals surface area contributed by atoms with E-state index in [-0.39, 0.29) is 80.7 Å². The number of fused-ring (bicyclic) bond motifs is 6.